The predicted molar refractivity (Wildman–Crippen MR) is 127 cm³/mol. The monoisotopic (exact) mass is 461 g/mol. The number of aliphatic hydroxyl groups excluding tert-OH is 1. The molecule has 1 fully saturated rings. The van der Waals surface area contributed by atoms with Crippen molar-refractivity contribution in [2.24, 2.45) is 7.05 Å². The molecule has 2 atom stereocenters. The van der Waals surface area contributed by atoms with Crippen LogP contribution in [0.2, 0.25) is 0 Å². The van der Waals surface area contributed by atoms with Gasteiger partial charge in [0.2, 0.25) is 0 Å². The Bertz CT molecular complexity index is 1330. The number of carbonyl (C=O) groups is 1. The highest BCUT2D eigenvalue weighted by Crippen LogP contribution is 2.34. The van der Waals surface area contributed by atoms with Crippen LogP contribution in [-0.2, 0) is 7.05 Å². The van der Waals surface area contributed by atoms with Crippen LogP contribution in [0, 0.1) is 0 Å². The number of hydrogen-bond donors (Lipinski definition) is 2. The lowest BCUT2D eigenvalue weighted by Crippen LogP contribution is -2.40. The van der Waals surface area contributed by atoms with E-state index in [1.807, 2.05) is 42.2 Å². The number of ether oxygens (including phenoxy) is 2. The zero-order valence-electron chi connectivity index (χ0n) is 19.4. The average molecular weight is 462 g/mol. The fourth-order valence-electron chi connectivity index (χ4n) is 4.58. The second-order valence-electron chi connectivity index (χ2n) is 8.52. The summed E-state index contributed by atoms with van der Waals surface area (Å²) in [6.07, 6.45) is 7.31. The Morgan fingerprint density at radius 2 is 1.88 bits per heavy atom. The number of carbonyl (C=O) groups excluding carboxylic acids is 1. The van der Waals surface area contributed by atoms with Gasteiger partial charge in [-0.15, -0.1) is 0 Å². The van der Waals surface area contributed by atoms with E-state index in [1.165, 1.54) is 14.2 Å². The van der Waals surface area contributed by atoms with Crippen LogP contribution in [0.5, 0.6) is 11.5 Å². The van der Waals surface area contributed by atoms with Crippen molar-refractivity contribution >= 4 is 16.9 Å². The molecular weight excluding hydrogens is 434 g/mol. The molecule has 9 nitrogen and oxygen atoms in total. The maximum atomic E-state index is 13.1. The van der Waals surface area contributed by atoms with Crippen molar-refractivity contribution in [2.75, 3.05) is 14.2 Å². The minimum atomic E-state index is -0.533. The number of imidazole rings is 1. The molecule has 176 valence electrons. The number of aliphatic hydroxyl groups is 1. The molecule has 1 aliphatic rings. The van der Waals surface area contributed by atoms with E-state index in [4.69, 9.17) is 9.47 Å². The number of hydrogen-bond acceptors (Lipinski definition) is 6. The summed E-state index contributed by atoms with van der Waals surface area (Å²) in [6, 6.07) is 9.36. The number of nitrogens with one attached hydrogen (secondary N) is 1. The molecule has 9 heteroatoms. The third kappa shape index (κ3) is 3.88. The number of nitrogens with zero attached hydrogens (tertiary/aromatic N) is 4. The van der Waals surface area contributed by atoms with Gasteiger partial charge in [0.1, 0.15) is 23.4 Å². The summed E-state index contributed by atoms with van der Waals surface area (Å²) < 4.78 is 14.9. The number of methoxy groups -OCH3 is 2. The normalized spacial score (nSPS) is 17.8. The van der Waals surface area contributed by atoms with Gasteiger partial charge in [0.05, 0.1) is 49.3 Å². The van der Waals surface area contributed by atoms with Crippen LogP contribution in [-0.4, -0.2) is 56.7 Å². The van der Waals surface area contributed by atoms with Gasteiger partial charge in [-0.1, -0.05) is 6.07 Å². The topological polar surface area (TPSA) is 103 Å². The first-order valence-electron chi connectivity index (χ1n) is 11.2. The number of amides is 1. The van der Waals surface area contributed by atoms with Gasteiger partial charge >= 0.3 is 0 Å². The lowest BCUT2D eigenvalue weighted by atomic mass is 10.1. The van der Waals surface area contributed by atoms with Crippen molar-refractivity contribution in [2.45, 2.75) is 31.4 Å². The van der Waals surface area contributed by atoms with Gasteiger partial charge in [-0.3, -0.25) is 14.0 Å². The maximum absolute atomic E-state index is 13.1. The maximum Gasteiger partial charge on any atom is 0.259 e. The molecule has 34 heavy (non-hydrogen) atoms. The van der Waals surface area contributed by atoms with Crippen LogP contribution in [0.15, 0.2) is 49.1 Å². The van der Waals surface area contributed by atoms with E-state index >= 15 is 0 Å². The fraction of sp³-hybridized carbons (Fsp3) is 0.320. The third-order valence-corrected chi connectivity index (χ3v) is 6.38. The van der Waals surface area contributed by atoms with Gasteiger partial charge in [0, 0.05) is 30.9 Å². The van der Waals surface area contributed by atoms with Gasteiger partial charge in [-0.25, -0.2) is 4.98 Å². The lowest BCUT2D eigenvalue weighted by Gasteiger charge is -2.20. The van der Waals surface area contributed by atoms with E-state index in [2.05, 4.69) is 15.4 Å². The molecule has 0 bridgehead atoms. The first-order valence-corrected chi connectivity index (χ1v) is 11.2. The Balaban J connectivity index is 1.52. The van der Waals surface area contributed by atoms with E-state index in [-0.39, 0.29) is 11.9 Å². The van der Waals surface area contributed by atoms with Crippen molar-refractivity contribution in [3.05, 3.63) is 54.6 Å². The van der Waals surface area contributed by atoms with Gasteiger partial charge < -0.3 is 19.9 Å². The second-order valence-corrected chi connectivity index (χ2v) is 8.52. The second kappa shape index (κ2) is 8.83. The summed E-state index contributed by atoms with van der Waals surface area (Å²) in [5.41, 5.74) is 4.84. The van der Waals surface area contributed by atoms with Crippen LogP contribution < -0.4 is 14.8 Å². The van der Waals surface area contributed by atoms with Crippen molar-refractivity contribution in [3.63, 3.8) is 0 Å². The molecule has 2 heterocycles. The smallest absolute Gasteiger partial charge is 0.259 e. The number of benzene rings is 2. The van der Waals surface area contributed by atoms with E-state index in [9.17, 15) is 9.90 Å². The van der Waals surface area contributed by atoms with Crippen LogP contribution >= 0.6 is 0 Å². The minimum Gasteiger partial charge on any atom is -0.496 e. The first kappa shape index (κ1) is 22.0. The summed E-state index contributed by atoms with van der Waals surface area (Å²) in [6.45, 7) is 0. The Hall–Kier alpha value is -3.85. The molecule has 0 aliphatic heterocycles. The summed E-state index contributed by atoms with van der Waals surface area (Å²) in [5, 5.41) is 17.3. The van der Waals surface area contributed by atoms with Crippen molar-refractivity contribution in [1.82, 2.24) is 24.6 Å². The number of aromatic nitrogens is 4. The van der Waals surface area contributed by atoms with Crippen molar-refractivity contribution in [1.29, 1.82) is 0 Å². The number of aryl methyl sites for hydroxylation is 1. The fourth-order valence-corrected chi connectivity index (χ4v) is 4.58. The third-order valence-electron chi connectivity index (χ3n) is 6.38. The number of rotatable bonds is 6. The molecular formula is C25H27N5O4. The molecule has 2 N–H and O–H groups in total. The van der Waals surface area contributed by atoms with Crippen molar-refractivity contribution in [3.8, 4) is 28.3 Å². The average Bonchev–Trinajstić information content (AvgIpc) is 3.57. The van der Waals surface area contributed by atoms with E-state index in [0.717, 1.165) is 40.7 Å². The van der Waals surface area contributed by atoms with Gasteiger partial charge in [0.25, 0.3) is 5.91 Å². The molecule has 2 aromatic heterocycles. The summed E-state index contributed by atoms with van der Waals surface area (Å²) in [4.78, 5) is 17.7. The predicted octanol–water partition coefficient (Wildman–Crippen LogP) is 3.09. The Morgan fingerprint density at radius 3 is 2.50 bits per heavy atom. The summed E-state index contributed by atoms with van der Waals surface area (Å²) in [7, 11) is 4.93. The highest BCUT2D eigenvalue weighted by Gasteiger charge is 2.29. The van der Waals surface area contributed by atoms with Crippen LogP contribution in [0.1, 0.15) is 29.6 Å². The quantitative estimate of drug-likeness (QED) is 0.457. The summed E-state index contributed by atoms with van der Waals surface area (Å²) in [5.74, 6) is 0.434. The Kier molecular flexibility index (Phi) is 5.70. The zero-order valence-corrected chi connectivity index (χ0v) is 19.4. The van der Waals surface area contributed by atoms with Gasteiger partial charge in [0.15, 0.2) is 0 Å². The Morgan fingerprint density at radius 1 is 1.12 bits per heavy atom. The standard InChI is InChI=1S/C25H27N5O4/c1-29-13-16(12-27-29)15-7-8-20-19(9-15)26-14-30(20)17-10-22(33-2)24(23(11-17)34-3)25(32)28-18-5-4-6-21(18)31/h7-14,18,21,31H,4-6H2,1-3H3,(H,28,32)/t18-,21+/m1/s1. The van der Waals surface area contributed by atoms with Crippen LogP contribution in [0.3, 0.4) is 0 Å². The van der Waals surface area contributed by atoms with Gasteiger partial charge in [-0.2, -0.15) is 5.10 Å². The van der Waals surface area contributed by atoms with E-state index < -0.39 is 6.10 Å². The van der Waals surface area contributed by atoms with E-state index in [0.29, 0.717) is 23.5 Å². The largest absolute Gasteiger partial charge is 0.496 e. The summed E-state index contributed by atoms with van der Waals surface area (Å²) >= 11 is 0. The van der Waals surface area contributed by atoms with E-state index in [1.54, 1.807) is 23.1 Å². The molecule has 0 radical (unpaired) electrons. The molecule has 0 saturated heterocycles. The molecule has 1 saturated carbocycles. The lowest BCUT2D eigenvalue weighted by molar-refractivity contribution is 0.0867. The molecule has 5 rings (SSSR count). The molecule has 2 aromatic carbocycles. The molecule has 0 unspecified atom stereocenters. The highest BCUT2D eigenvalue weighted by molar-refractivity contribution is 6.00. The Labute approximate surface area is 196 Å². The highest BCUT2D eigenvalue weighted by atomic mass is 16.5. The van der Waals surface area contributed by atoms with Crippen LogP contribution in [0.25, 0.3) is 27.8 Å². The SMILES string of the molecule is COc1cc(-n2cnc3cc(-c4cnn(C)c4)ccc32)cc(OC)c1C(=O)N[C@@H]1CCC[C@@H]1O. The molecule has 0 spiro atoms. The molecule has 4 aromatic rings. The van der Waals surface area contributed by atoms with Gasteiger partial charge in [-0.05, 0) is 37.0 Å². The molecule has 1 amide bonds. The van der Waals surface area contributed by atoms with Crippen LogP contribution in [0.4, 0.5) is 0 Å². The number of fused-ring (bicyclic) bond motifs is 1. The first-order chi connectivity index (χ1) is 16.5. The minimum absolute atomic E-state index is 0.270. The molecule has 1 aliphatic carbocycles. The van der Waals surface area contributed by atoms with Crippen molar-refractivity contribution < 1.29 is 19.4 Å². The zero-order chi connectivity index (χ0) is 23.8.